The summed E-state index contributed by atoms with van der Waals surface area (Å²) in [6.45, 7) is 1.88. The summed E-state index contributed by atoms with van der Waals surface area (Å²) in [5.41, 5.74) is 0. The molecule has 3 rings (SSSR count). The van der Waals surface area contributed by atoms with Gasteiger partial charge in [0.05, 0.1) is 6.04 Å². The Balaban J connectivity index is 1.52. The molecule has 2 saturated heterocycles. The van der Waals surface area contributed by atoms with Gasteiger partial charge in [-0.15, -0.1) is 0 Å². The minimum Gasteiger partial charge on any atom is -0.341 e. The second-order valence-electron chi connectivity index (χ2n) is 7.13. The third-order valence-corrected chi connectivity index (χ3v) is 5.67. The number of hydrogen-bond donors (Lipinski definition) is 1. The van der Waals surface area contributed by atoms with Crippen molar-refractivity contribution in [3.05, 3.63) is 0 Å². The number of rotatable bonds is 2. The van der Waals surface area contributed by atoms with Crippen molar-refractivity contribution in [1.82, 2.24) is 15.1 Å². The van der Waals surface area contributed by atoms with Gasteiger partial charge in [0.1, 0.15) is 0 Å². The van der Waals surface area contributed by atoms with Crippen molar-refractivity contribution in [1.29, 1.82) is 0 Å². The summed E-state index contributed by atoms with van der Waals surface area (Å²) >= 11 is 0. The van der Waals surface area contributed by atoms with Crippen LogP contribution in [0.25, 0.3) is 0 Å². The first-order valence-corrected chi connectivity index (χ1v) is 8.36. The highest BCUT2D eigenvalue weighted by molar-refractivity contribution is 5.82. The molecule has 4 nitrogen and oxygen atoms in total. The maximum Gasteiger partial charge on any atom is 0.239 e. The molecule has 0 aromatic rings. The van der Waals surface area contributed by atoms with Gasteiger partial charge in [0.2, 0.25) is 5.91 Å². The molecule has 1 saturated carbocycles. The van der Waals surface area contributed by atoms with Gasteiger partial charge in [-0.2, -0.15) is 0 Å². The Hall–Kier alpha value is -0.610. The predicted octanol–water partition coefficient (Wildman–Crippen LogP) is 1.46. The number of amides is 1. The van der Waals surface area contributed by atoms with Crippen LogP contribution in [0.2, 0.25) is 0 Å². The molecular weight excluding hydrogens is 250 g/mol. The third kappa shape index (κ3) is 2.86. The molecule has 0 aromatic heterocycles. The molecule has 2 heterocycles. The Morgan fingerprint density at radius 1 is 1.10 bits per heavy atom. The average molecular weight is 279 g/mol. The zero-order chi connectivity index (χ0) is 14.1. The highest BCUT2D eigenvalue weighted by Gasteiger charge is 2.40. The van der Waals surface area contributed by atoms with Gasteiger partial charge in [0.15, 0.2) is 0 Å². The lowest BCUT2D eigenvalue weighted by molar-refractivity contribution is -0.134. The van der Waals surface area contributed by atoms with Crippen molar-refractivity contribution in [2.45, 2.75) is 63.1 Å². The number of fused-ring (bicyclic) bond motifs is 1. The van der Waals surface area contributed by atoms with Crippen LogP contribution in [0, 0.1) is 5.92 Å². The van der Waals surface area contributed by atoms with Crippen molar-refractivity contribution in [3.63, 3.8) is 0 Å². The molecular formula is C16H29N3O. The van der Waals surface area contributed by atoms with Crippen molar-refractivity contribution in [3.8, 4) is 0 Å². The normalized spacial score (nSPS) is 35.4. The summed E-state index contributed by atoms with van der Waals surface area (Å²) in [5.74, 6) is 1.13. The summed E-state index contributed by atoms with van der Waals surface area (Å²) in [5, 5.41) is 3.62. The van der Waals surface area contributed by atoms with E-state index in [0.29, 0.717) is 18.0 Å². The van der Waals surface area contributed by atoms with Crippen LogP contribution in [-0.2, 0) is 4.79 Å². The summed E-state index contributed by atoms with van der Waals surface area (Å²) in [4.78, 5) is 17.1. The first-order valence-electron chi connectivity index (χ1n) is 8.36. The van der Waals surface area contributed by atoms with Crippen molar-refractivity contribution in [2.24, 2.45) is 5.92 Å². The van der Waals surface area contributed by atoms with Gasteiger partial charge in [-0.25, -0.2) is 0 Å². The lowest BCUT2D eigenvalue weighted by Crippen LogP contribution is -2.50. The van der Waals surface area contributed by atoms with E-state index >= 15 is 0 Å². The molecule has 3 aliphatic rings. The molecule has 3 fully saturated rings. The molecule has 1 amide bonds. The van der Waals surface area contributed by atoms with Crippen LogP contribution in [0.15, 0.2) is 0 Å². The van der Waals surface area contributed by atoms with E-state index in [-0.39, 0.29) is 6.04 Å². The maximum absolute atomic E-state index is 12.7. The van der Waals surface area contributed by atoms with E-state index in [1.54, 1.807) is 0 Å². The second kappa shape index (κ2) is 6.02. The summed E-state index contributed by atoms with van der Waals surface area (Å²) in [6, 6.07) is 1.38. The fraction of sp³-hybridized carbons (Fsp3) is 0.938. The number of piperidine rings is 1. The number of carbonyl (C=O) groups is 1. The Bertz CT molecular complexity index is 336. The Labute approximate surface area is 122 Å². The summed E-state index contributed by atoms with van der Waals surface area (Å²) in [7, 11) is 4.29. The minimum absolute atomic E-state index is 0.110. The molecule has 4 heteroatoms. The van der Waals surface area contributed by atoms with Crippen LogP contribution < -0.4 is 5.32 Å². The largest absolute Gasteiger partial charge is 0.341 e. The quantitative estimate of drug-likeness (QED) is 0.831. The van der Waals surface area contributed by atoms with E-state index in [1.165, 1.54) is 25.7 Å². The van der Waals surface area contributed by atoms with Gasteiger partial charge in [-0.1, -0.05) is 12.8 Å². The molecule has 114 valence electrons. The molecule has 0 bridgehead atoms. The van der Waals surface area contributed by atoms with Gasteiger partial charge in [0, 0.05) is 25.2 Å². The van der Waals surface area contributed by atoms with Crippen LogP contribution in [0.4, 0.5) is 0 Å². The van der Waals surface area contributed by atoms with Crippen LogP contribution in [0.5, 0.6) is 0 Å². The van der Waals surface area contributed by atoms with Crippen molar-refractivity contribution >= 4 is 5.91 Å². The fourth-order valence-corrected chi connectivity index (χ4v) is 4.33. The van der Waals surface area contributed by atoms with Gasteiger partial charge in [0.25, 0.3) is 0 Å². The first-order chi connectivity index (χ1) is 9.65. The number of likely N-dealkylation sites (tertiary alicyclic amines) is 1. The number of carbonyl (C=O) groups excluding carboxylic acids is 1. The van der Waals surface area contributed by atoms with Crippen LogP contribution in [-0.4, -0.2) is 61.0 Å². The van der Waals surface area contributed by atoms with E-state index in [9.17, 15) is 4.79 Å². The Morgan fingerprint density at radius 2 is 1.80 bits per heavy atom. The van der Waals surface area contributed by atoms with Gasteiger partial charge < -0.3 is 15.1 Å². The summed E-state index contributed by atoms with van der Waals surface area (Å²) < 4.78 is 0. The van der Waals surface area contributed by atoms with Crippen LogP contribution >= 0.6 is 0 Å². The molecule has 0 spiro atoms. The molecule has 3 atom stereocenters. The van der Waals surface area contributed by atoms with Gasteiger partial charge in [-0.3, -0.25) is 4.79 Å². The van der Waals surface area contributed by atoms with E-state index in [0.717, 1.165) is 38.3 Å². The van der Waals surface area contributed by atoms with Gasteiger partial charge in [-0.05, 0) is 52.1 Å². The topological polar surface area (TPSA) is 35.6 Å². The molecule has 0 aromatic carbocycles. The lowest BCUT2D eigenvalue weighted by Gasteiger charge is -2.36. The molecule has 3 unspecified atom stereocenters. The zero-order valence-electron chi connectivity index (χ0n) is 13.0. The fourth-order valence-electron chi connectivity index (χ4n) is 4.33. The molecule has 2 aliphatic heterocycles. The second-order valence-corrected chi connectivity index (χ2v) is 7.13. The monoisotopic (exact) mass is 279 g/mol. The smallest absolute Gasteiger partial charge is 0.239 e. The van der Waals surface area contributed by atoms with Crippen molar-refractivity contribution < 1.29 is 4.79 Å². The standard InChI is InChI=1S/C16H29N3O/c1-18(2)13-7-9-19(10-8-13)16(20)15-11-12-5-3-4-6-14(12)17-15/h12-15,17H,3-11H2,1-2H3. The molecule has 0 radical (unpaired) electrons. The first kappa shape index (κ1) is 14.3. The van der Waals surface area contributed by atoms with E-state index < -0.39 is 0 Å². The van der Waals surface area contributed by atoms with E-state index in [2.05, 4.69) is 29.2 Å². The minimum atomic E-state index is 0.110. The highest BCUT2D eigenvalue weighted by atomic mass is 16.2. The summed E-state index contributed by atoms with van der Waals surface area (Å²) in [6.07, 6.45) is 8.62. The number of nitrogens with zero attached hydrogens (tertiary/aromatic N) is 2. The Kier molecular flexibility index (Phi) is 4.32. The van der Waals surface area contributed by atoms with E-state index in [1.807, 2.05) is 0 Å². The van der Waals surface area contributed by atoms with Crippen molar-refractivity contribution in [2.75, 3.05) is 27.2 Å². The molecule has 20 heavy (non-hydrogen) atoms. The molecule has 1 N–H and O–H groups in total. The van der Waals surface area contributed by atoms with Crippen LogP contribution in [0.1, 0.15) is 44.9 Å². The average Bonchev–Trinajstić information content (AvgIpc) is 2.90. The maximum atomic E-state index is 12.7. The van der Waals surface area contributed by atoms with E-state index in [4.69, 9.17) is 0 Å². The predicted molar refractivity (Wildman–Crippen MR) is 80.6 cm³/mol. The molecule has 1 aliphatic carbocycles. The SMILES string of the molecule is CN(C)C1CCN(C(=O)C2CC3CCCCC3N2)CC1. The Morgan fingerprint density at radius 3 is 2.45 bits per heavy atom. The van der Waals surface area contributed by atoms with Gasteiger partial charge >= 0.3 is 0 Å². The highest BCUT2D eigenvalue weighted by Crippen LogP contribution is 2.34. The number of nitrogens with one attached hydrogen (secondary N) is 1. The number of hydrogen-bond acceptors (Lipinski definition) is 3. The lowest BCUT2D eigenvalue weighted by atomic mass is 9.85. The zero-order valence-corrected chi connectivity index (χ0v) is 13.0. The van der Waals surface area contributed by atoms with Crippen LogP contribution in [0.3, 0.4) is 0 Å². The third-order valence-electron chi connectivity index (χ3n) is 5.67.